The van der Waals surface area contributed by atoms with Crippen molar-refractivity contribution in [3.8, 4) is 0 Å². The maximum Gasteiger partial charge on any atom is 0.0500 e. The predicted octanol–water partition coefficient (Wildman–Crippen LogP) is 2.63. The van der Waals surface area contributed by atoms with Crippen LogP contribution in [0.1, 0.15) is 44.7 Å². The van der Waals surface area contributed by atoms with Gasteiger partial charge in [-0.3, -0.25) is 9.80 Å². The molecule has 1 aromatic rings. The molecule has 0 amide bonds. The van der Waals surface area contributed by atoms with Crippen molar-refractivity contribution in [3.05, 3.63) is 35.9 Å². The van der Waals surface area contributed by atoms with Crippen LogP contribution in [-0.4, -0.2) is 47.6 Å². The molecule has 0 radical (unpaired) electrons. The monoisotopic (exact) mass is 287 g/mol. The molecule has 2 aliphatic heterocycles. The van der Waals surface area contributed by atoms with Crippen molar-refractivity contribution in [1.82, 2.24) is 9.80 Å². The number of rotatable bonds is 3. The Balaban J connectivity index is 1.82. The molecule has 2 saturated heterocycles. The number of piperazine rings is 1. The van der Waals surface area contributed by atoms with Crippen LogP contribution in [-0.2, 0) is 0 Å². The minimum Gasteiger partial charge on any atom is -0.326 e. The SMILES string of the molecule is CC(N)C(c1ccccc1)N1CC2CCCCN2CC1C. The fourth-order valence-corrected chi connectivity index (χ4v) is 4.21. The predicted molar refractivity (Wildman–Crippen MR) is 88.2 cm³/mol. The van der Waals surface area contributed by atoms with Crippen molar-refractivity contribution in [2.24, 2.45) is 5.73 Å². The van der Waals surface area contributed by atoms with Gasteiger partial charge in [-0.25, -0.2) is 0 Å². The zero-order valence-corrected chi connectivity index (χ0v) is 13.4. The molecule has 0 bridgehead atoms. The maximum absolute atomic E-state index is 6.37. The van der Waals surface area contributed by atoms with E-state index >= 15 is 0 Å². The van der Waals surface area contributed by atoms with Crippen LogP contribution in [0.5, 0.6) is 0 Å². The fraction of sp³-hybridized carbons (Fsp3) is 0.667. The summed E-state index contributed by atoms with van der Waals surface area (Å²) in [6.07, 6.45) is 4.11. The van der Waals surface area contributed by atoms with E-state index in [1.54, 1.807) is 0 Å². The van der Waals surface area contributed by atoms with E-state index in [0.717, 1.165) is 6.04 Å². The third kappa shape index (κ3) is 3.15. The van der Waals surface area contributed by atoms with E-state index in [4.69, 9.17) is 5.73 Å². The lowest BCUT2D eigenvalue weighted by Crippen LogP contribution is -2.60. The highest BCUT2D eigenvalue weighted by Gasteiger charge is 2.37. The molecule has 1 aromatic carbocycles. The first-order valence-corrected chi connectivity index (χ1v) is 8.47. The minimum absolute atomic E-state index is 0.157. The van der Waals surface area contributed by atoms with Crippen LogP contribution in [0, 0.1) is 0 Å². The van der Waals surface area contributed by atoms with Gasteiger partial charge in [-0.1, -0.05) is 36.8 Å². The second-order valence-electron chi connectivity index (χ2n) is 6.90. The van der Waals surface area contributed by atoms with Crippen LogP contribution in [0.3, 0.4) is 0 Å². The van der Waals surface area contributed by atoms with Gasteiger partial charge in [0.15, 0.2) is 0 Å². The van der Waals surface area contributed by atoms with Gasteiger partial charge in [0.05, 0.1) is 0 Å². The Bertz CT molecular complexity index is 445. The molecular weight excluding hydrogens is 258 g/mol. The van der Waals surface area contributed by atoms with Crippen molar-refractivity contribution in [3.63, 3.8) is 0 Å². The summed E-state index contributed by atoms with van der Waals surface area (Å²) in [7, 11) is 0. The fourth-order valence-electron chi connectivity index (χ4n) is 4.21. The van der Waals surface area contributed by atoms with Crippen LogP contribution in [0.4, 0.5) is 0 Å². The topological polar surface area (TPSA) is 32.5 Å². The average Bonchev–Trinajstić information content (AvgIpc) is 2.49. The zero-order valence-electron chi connectivity index (χ0n) is 13.4. The van der Waals surface area contributed by atoms with E-state index in [0.29, 0.717) is 12.1 Å². The third-order valence-electron chi connectivity index (χ3n) is 5.23. The quantitative estimate of drug-likeness (QED) is 0.927. The molecule has 3 rings (SSSR count). The van der Waals surface area contributed by atoms with Crippen LogP contribution >= 0.6 is 0 Å². The summed E-state index contributed by atoms with van der Waals surface area (Å²) in [5.41, 5.74) is 7.74. The standard InChI is InChI=1S/C18H29N3/c1-14-12-20-11-7-6-10-17(20)13-21(14)18(15(2)19)16-8-4-3-5-9-16/h3-5,8-9,14-15,17-18H,6-7,10-13,19H2,1-2H3. The van der Waals surface area contributed by atoms with Gasteiger partial charge in [-0.2, -0.15) is 0 Å². The lowest BCUT2D eigenvalue weighted by atomic mass is 9.92. The third-order valence-corrected chi connectivity index (χ3v) is 5.23. The molecule has 2 heterocycles. The normalized spacial score (nSPS) is 30.6. The second-order valence-corrected chi connectivity index (χ2v) is 6.90. The number of nitrogens with two attached hydrogens (primary N) is 1. The zero-order chi connectivity index (χ0) is 14.8. The van der Waals surface area contributed by atoms with E-state index < -0.39 is 0 Å². The largest absolute Gasteiger partial charge is 0.326 e. The van der Waals surface area contributed by atoms with E-state index in [1.165, 1.54) is 44.5 Å². The van der Waals surface area contributed by atoms with Crippen molar-refractivity contribution in [1.29, 1.82) is 0 Å². The second kappa shape index (κ2) is 6.47. The summed E-state index contributed by atoms with van der Waals surface area (Å²) in [5, 5.41) is 0. The number of hydrogen-bond acceptors (Lipinski definition) is 3. The van der Waals surface area contributed by atoms with Crippen LogP contribution in [0.25, 0.3) is 0 Å². The molecular formula is C18H29N3. The molecule has 116 valence electrons. The molecule has 0 aliphatic carbocycles. The highest BCUT2D eigenvalue weighted by molar-refractivity contribution is 5.21. The lowest BCUT2D eigenvalue weighted by molar-refractivity contribution is -0.0131. The van der Waals surface area contributed by atoms with Gasteiger partial charge in [0, 0.05) is 37.3 Å². The molecule has 0 aromatic heterocycles. The summed E-state index contributed by atoms with van der Waals surface area (Å²) in [5.74, 6) is 0. The Labute approximate surface area is 129 Å². The summed E-state index contributed by atoms with van der Waals surface area (Å²) < 4.78 is 0. The molecule has 21 heavy (non-hydrogen) atoms. The Hall–Kier alpha value is -0.900. The molecule has 2 N–H and O–H groups in total. The minimum atomic E-state index is 0.157. The highest BCUT2D eigenvalue weighted by Crippen LogP contribution is 2.32. The summed E-state index contributed by atoms with van der Waals surface area (Å²) in [6.45, 7) is 8.17. The van der Waals surface area contributed by atoms with Crippen LogP contribution < -0.4 is 5.73 Å². The summed E-state index contributed by atoms with van der Waals surface area (Å²) >= 11 is 0. The Kier molecular flexibility index (Phi) is 4.63. The van der Waals surface area contributed by atoms with Crippen LogP contribution in [0.2, 0.25) is 0 Å². The number of fused-ring (bicyclic) bond motifs is 1. The number of benzene rings is 1. The van der Waals surface area contributed by atoms with E-state index in [-0.39, 0.29) is 6.04 Å². The average molecular weight is 287 g/mol. The van der Waals surface area contributed by atoms with E-state index in [2.05, 4.69) is 54.0 Å². The van der Waals surface area contributed by atoms with E-state index in [9.17, 15) is 0 Å². The van der Waals surface area contributed by atoms with Crippen molar-refractivity contribution < 1.29 is 0 Å². The molecule has 0 saturated carbocycles. The van der Waals surface area contributed by atoms with Crippen molar-refractivity contribution in [2.45, 2.75) is 57.3 Å². The van der Waals surface area contributed by atoms with Gasteiger partial charge in [-0.05, 0) is 38.8 Å². The van der Waals surface area contributed by atoms with Crippen molar-refractivity contribution >= 4 is 0 Å². The Morgan fingerprint density at radius 1 is 1.14 bits per heavy atom. The Morgan fingerprint density at radius 2 is 1.90 bits per heavy atom. The van der Waals surface area contributed by atoms with E-state index in [1.807, 2.05) is 0 Å². The molecule has 0 spiro atoms. The first kappa shape index (κ1) is 15.0. The highest BCUT2D eigenvalue weighted by atomic mass is 15.3. The molecule has 2 aliphatic rings. The number of nitrogens with zero attached hydrogens (tertiary/aromatic N) is 2. The van der Waals surface area contributed by atoms with Crippen LogP contribution in [0.15, 0.2) is 30.3 Å². The molecule has 3 heteroatoms. The van der Waals surface area contributed by atoms with Gasteiger partial charge in [0.25, 0.3) is 0 Å². The summed E-state index contributed by atoms with van der Waals surface area (Å²) in [6, 6.07) is 12.6. The molecule has 2 fully saturated rings. The first-order chi connectivity index (χ1) is 10.2. The van der Waals surface area contributed by atoms with Gasteiger partial charge in [-0.15, -0.1) is 0 Å². The van der Waals surface area contributed by atoms with Gasteiger partial charge < -0.3 is 5.73 Å². The van der Waals surface area contributed by atoms with Crippen molar-refractivity contribution in [2.75, 3.05) is 19.6 Å². The number of piperidine rings is 1. The van der Waals surface area contributed by atoms with Gasteiger partial charge >= 0.3 is 0 Å². The molecule has 4 unspecified atom stereocenters. The Morgan fingerprint density at radius 3 is 2.62 bits per heavy atom. The lowest BCUT2D eigenvalue weighted by Gasteiger charge is -2.51. The number of hydrogen-bond donors (Lipinski definition) is 1. The molecule has 4 atom stereocenters. The molecule has 3 nitrogen and oxygen atoms in total. The van der Waals surface area contributed by atoms with Gasteiger partial charge in [0.2, 0.25) is 0 Å². The van der Waals surface area contributed by atoms with Gasteiger partial charge in [0.1, 0.15) is 0 Å². The maximum atomic E-state index is 6.37. The smallest absolute Gasteiger partial charge is 0.0500 e. The first-order valence-electron chi connectivity index (χ1n) is 8.47. The summed E-state index contributed by atoms with van der Waals surface area (Å²) in [4.78, 5) is 5.36.